The molecule has 2 nitrogen and oxygen atoms in total. The Morgan fingerprint density at radius 1 is 0.625 bits per heavy atom. The van der Waals surface area contributed by atoms with Crippen LogP contribution >= 0.6 is 11.6 Å². The van der Waals surface area contributed by atoms with Gasteiger partial charge in [-0.15, -0.1) is 0 Å². The number of rotatable bonds is 3. The number of hydrogen-bond donors (Lipinski definition) is 0. The zero-order valence-electron chi connectivity index (χ0n) is 12.8. The summed E-state index contributed by atoms with van der Waals surface area (Å²) in [6.07, 6.45) is 1.75. The quantitative estimate of drug-likeness (QED) is 0.438. The van der Waals surface area contributed by atoms with Crippen LogP contribution in [0.3, 0.4) is 0 Å². The average Bonchev–Trinajstić information content (AvgIpc) is 3.13. The molecule has 0 saturated heterocycles. The van der Waals surface area contributed by atoms with Gasteiger partial charge < -0.3 is 4.42 Å². The van der Waals surface area contributed by atoms with Gasteiger partial charge in [-0.2, -0.15) is 0 Å². The lowest BCUT2D eigenvalue weighted by Gasteiger charge is -2.02. The van der Waals surface area contributed by atoms with Crippen molar-refractivity contribution >= 4 is 11.6 Å². The van der Waals surface area contributed by atoms with Crippen molar-refractivity contribution in [3.8, 4) is 33.9 Å². The van der Waals surface area contributed by atoms with Crippen molar-refractivity contribution in [3.05, 3.63) is 90.1 Å². The summed E-state index contributed by atoms with van der Waals surface area (Å²) in [5.74, 6) is 1.34. The Kier molecular flexibility index (Phi) is 3.89. The number of oxazole rings is 1. The molecule has 116 valence electrons. The first kappa shape index (κ1) is 14.7. The normalized spacial score (nSPS) is 10.7. The fourth-order valence-corrected chi connectivity index (χ4v) is 2.72. The maximum absolute atomic E-state index is 5.91. The highest BCUT2D eigenvalue weighted by Crippen LogP contribution is 2.28. The van der Waals surface area contributed by atoms with E-state index in [0.29, 0.717) is 10.9 Å². The van der Waals surface area contributed by atoms with E-state index in [9.17, 15) is 0 Å². The number of hydrogen-bond acceptors (Lipinski definition) is 2. The lowest BCUT2D eigenvalue weighted by atomic mass is 10.0. The van der Waals surface area contributed by atoms with Crippen LogP contribution in [0.4, 0.5) is 0 Å². The van der Waals surface area contributed by atoms with E-state index in [-0.39, 0.29) is 0 Å². The Morgan fingerprint density at radius 3 is 1.92 bits per heavy atom. The van der Waals surface area contributed by atoms with Gasteiger partial charge in [-0.3, -0.25) is 0 Å². The average molecular weight is 332 g/mol. The molecule has 3 heteroatoms. The van der Waals surface area contributed by atoms with E-state index in [1.165, 1.54) is 11.1 Å². The Hall–Kier alpha value is -2.84. The molecule has 24 heavy (non-hydrogen) atoms. The summed E-state index contributed by atoms with van der Waals surface area (Å²) >= 11 is 5.91. The van der Waals surface area contributed by atoms with Gasteiger partial charge in [0.05, 0.1) is 6.20 Å². The minimum atomic E-state index is 0.591. The Bertz CT molecular complexity index is 941. The summed E-state index contributed by atoms with van der Waals surface area (Å²) in [5.41, 5.74) is 4.29. The van der Waals surface area contributed by atoms with E-state index < -0.39 is 0 Å². The third-order valence-corrected chi connectivity index (χ3v) is 4.13. The number of halogens is 1. The molecule has 1 heterocycles. The minimum absolute atomic E-state index is 0.591. The topological polar surface area (TPSA) is 26.0 Å². The van der Waals surface area contributed by atoms with Crippen LogP contribution in [0.2, 0.25) is 5.02 Å². The van der Waals surface area contributed by atoms with Crippen LogP contribution in [0.1, 0.15) is 0 Å². The van der Waals surface area contributed by atoms with Gasteiger partial charge >= 0.3 is 0 Å². The van der Waals surface area contributed by atoms with Crippen LogP contribution in [0.15, 0.2) is 89.5 Å². The molecule has 0 saturated carbocycles. The molecule has 0 atom stereocenters. The largest absolute Gasteiger partial charge is 0.436 e. The molecule has 0 aliphatic carbocycles. The maximum Gasteiger partial charge on any atom is 0.226 e. The minimum Gasteiger partial charge on any atom is -0.436 e. The van der Waals surface area contributed by atoms with Crippen LogP contribution < -0.4 is 0 Å². The Labute approximate surface area is 145 Å². The fraction of sp³-hybridized carbons (Fsp3) is 0. The molecular formula is C21H14ClNO. The van der Waals surface area contributed by atoms with Crippen molar-refractivity contribution in [3.63, 3.8) is 0 Å². The van der Waals surface area contributed by atoms with E-state index in [2.05, 4.69) is 41.4 Å². The molecule has 4 rings (SSSR count). The highest BCUT2D eigenvalue weighted by Gasteiger charge is 2.08. The number of aromatic nitrogens is 1. The first-order chi connectivity index (χ1) is 11.8. The van der Waals surface area contributed by atoms with Crippen molar-refractivity contribution in [1.82, 2.24) is 4.98 Å². The monoisotopic (exact) mass is 331 g/mol. The fourth-order valence-electron chi connectivity index (χ4n) is 2.59. The zero-order valence-corrected chi connectivity index (χ0v) is 13.6. The van der Waals surface area contributed by atoms with Crippen LogP contribution in [-0.4, -0.2) is 4.98 Å². The van der Waals surface area contributed by atoms with Gasteiger partial charge in [0.25, 0.3) is 0 Å². The third kappa shape index (κ3) is 2.97. The second kappa shape index (κ2) is 6.34. The standard InChI is InChI=1S/C21H14ClNO/c22-19-12-10-18(11-13-19)21-23-14-20(24-21)17-8-6-16(7-9-17)15-4-2-1-3-5-15/h1-14H. The highest BCUT2D eigenvalue weighted by molar-refractivity contribution is 6.30. The molecule has 4 aromatic rings. The zero-order chi connectivity index (χ0) is 16.4. The maximum atomic E-state index is 5.91. The van der Waals surface area contributed by atoms with Crippen molar-refractivity contribution in [2.24, 2.45) is 0 Å². The highest BCUT2D eigenvalue weighted by atomic mass is 35.5. The molecule has 0 aliphatic rings. The van der Waals surface area contributed by atoms with Crippen molar-refractivity contribution in [2.45, 2.75) is 0 Å². The number of nitrogens with zero attached hydrogens (tertiary/aromatic N) is 1. The molecule has 0 radical (unpaired) electrons. The molecule has 0 fully saturated rings. The molecule has 0 N–H and O–H groups in total. The molecule has 0 unspecified atom stereocenters. The van der Waals surface area contributed by atoms with Crippen molar-refractivity contribution in [2.75, 3.05) is 0 Å². The van der Waals surface area contributed by atoms with Gasteiger partial charge in [0, 0.05) is 16.1 Å². The smallest absolute Gasteiger partial charge is 0.226 e. The van der Waals surface area contributed by atoms with Gasteiger partial charge in [0.2, 0.25) is 5.89 Å². The number of benzene rings is 3. The van der Waals surface area contributed by atoms with Gasteiger partial charge in [0.1, 0.15) is 0 Å². The van der Waals surface area contributed by atoms with Gasteiger partial charge in [-0.25, -0.2) is 4.98 Å². The van der Waals surface area contributed by atoms with Gasteiger partial charge in [-0.05, 0) is 35.4 Å². The molecule has 0 spiro atoms. The summed E-state index contributed by atoms with van der Waals surface area (Å²) < 4.78 is 5.89. The van der Waals surface area contributed by atoms with Crippen LogP contribution in [0.5, 0.6) is 0 Å². The van der Waals surface area contributed by atoms with E-state index in [1.54, 1.807) is 6.20 Å². The van der Waals surface area contributed by atoms with Crippen LogP contribution in [0, 0.1) is 0 Å². The van der Waals surface area contributed by atoms with Gasteiger partial charge in [-0.1, -0.05) is 66.2 Å². The predicted molar refractivity (Wildman–Crippen MR) is 97.8 cm³/mol. The molecular weight excluding hydrogens is 318 g/mol. The van der Waals surface area contributed by atoms with E-state index in [4.69, 9.17) is 16.0 Å². The van der Waals surface area contributed by atoms with Crippen molar-refractivity contribution in [1.29, 1.82) is 0 Å². The predicted octanol–water partition coefficient (Wildman–Crippen LogP) is 6.33. The lowest BCUT2D eigenvalue weighted by Crippen LogP contribution is -1.78. The second-order valence-corrected chi connectivity index (χ2v) is 5.92. The molecule has 0 amide bonds. The first-order valence-electron chi connectivity index (χ1n) is 7.67. The lowest BCUT2D eigenvalue weighted by molar-refractivity contribution is 0.589. The van der Waals surface area contributed by atoms with Crippen LogP contribution in [0.25, 0.3) is 33.9 Å². The summed E-state index contributed by atoms with van der Waals surface area (Å²) in [5, 5.41) is 0.696. The summed E-state index contributed by atoms with van der Waals surface area (Å²) in [7, 11) is 0. The Balaban J connectivity index is 1.62. The Morgan fingerprint density at radius 2 is 1.21 bits per heavy atom. The molecule has 1 aromatic heterocycles. The van der Waals surface area contributed by atoms with E-state index in [1.807, 2.05) is 42.5 Å². The first-order valence-corrected chi connectivity index (χ1v) is 8.05. The molecule has 3 aromatic carbocycles. The SMILES string of the molecule is Clc1ccc(-c2ncc(-c3ccc(-c4ccccc4)cc3)o2)cc1. The van der Waals surface area contributed by atoms with E-state index >= 15 is 0 Å². The van der Waals surface area contributed by atoms with Crippen molar-refractivity contribution < 1.29 is 4.42 Å². The third-order valence-electron chi connectivity index (χ3n) is 3.87. The van der Waals surface area contributed by atoms with Gasteiger partial charge in [0.15, 0.2) is 5.76 Å². The second-order valence-electron chi connectivity index (χ2n) is 5.48. The molecule has 0 aliphatic heterocycles. The van der Waals surface area contributed by atoms with E-state index in [0.717, 1.165) is 16.9 Å². The molecule has 0 bridgehead atoms. The van der Waals surface area contributed by atoms with Crippen LogP contribution in [-0.2, 0) is 0 Å². The summed E-state index contributed by atoms with van der Waals surface area (Å²) in [6.45, 7) is 0. The summed E-state index contributed by atoms with van der Waals surface area (Å²) in [6, 6.07) is 26.0. The summed E-state index contributed by atoms with van der Waals surface area (Å²) in [4.78, 5) is 4.36.